The predicted molar refractivity (Wildman–Crippen MR) is 105 cm³/mol. The monoisotopic (exact) mass is 373 g/mol. The fourth-order valence-corrected chi connectivity index (χ4v) is 3.86. The smallest absolute Gasteiger partial charge is 0.325 e. The van der Waals surface area contributed by atoms with E-state index in [2.05, 4.69) is 39.1 Å². The number of fused-ring (bicyclic) bond motifs is 1. The minimum atomic E-state index is -1.42. The SMILES string of the molecule is COC(=O)C1(C(=O)OC)Cc2ccccc2C1NC(C)(C)CCC=C(C)C. The van der Waals surface area contributed by atoms with Crippen LogP contribution in [0.1, 0.15) is 57.7 Å². The van der Waals surface area contributed by atoms with Gasteiger partial charge >= 0.3 is 11.9 Å². The van der Waals surface area contributed by atoms with Crippen LogP contribution in [0.5, 0.6) is 0 Å². The van der Waals surface area contributed by atoms with E-state index in [1.54, 1.807) is 0 Å². The molecule has 0 bridgehead atoms. The van der Waals surface area contributed by atoms with Gasteiger partial charge in [-0.2, -0.15) is 0 Å². The lowest BCUT2D eigenvalue weighted by Crippen LogP contribution is -2.54. The Hall–Kier alpha value is -2.14. The van der Waals surface area contributed by atoms with Crippen LogP contribution in [0.3, 0.4) is 0 Å². The van der Waals surface area contributed by atoms with Gasteiger partial charge in [0.05, 0.1) is 20.3 Å². The average molecular weight is 373 g/mol. The van der Waals surface area contributed by atoms with Crippen molar-refractivity contribution < 1.29 is 19.1 Å². The molecular formula is C22H31NO4. The van der Waals surface area contributed by atoms with E-state index in [9.17, 15) is 9.59 Å². The third-order valence-electron chi connectivity index (χ3n) is 5.28. The van der Waals surface area contributed by atoms with Gasteiger partial charge in [0.2, 0.25) is 0 Å². The maximum atomic E-state index is 12.8. The molecule has 1 atom stereocenters. The molecule has 1 N–H and O–H groups in total. The first kappa shape index (κ1) is 21.2. The molecule has 0 aromatic heterocycles. The first-order valence-electron chi connectivity index (χ1n) is 9.33. The number of methoxy groups -OCH3 is 2. The van der Waals surface area contributed by atoms with Crippen LogP contribution in [0.4, 0.5) is 0 Å². The number of rotatable bonds is 7. The highest BCUT2D eigenvalue weighted by Crippen LogP contribution is 2.48. The zero-order valence-corrected chi connectivity index (χ0v) is 17.2. The van der Waals surface area contributed by atoms with Crippen LogP contribution in [-0.2, 0) is 25.5 Å². The highest BCUT2D eigenvalue weighted by atomic mass is 16.5. The first-order chi connectivity index (χ1) is 12.7. The summed E-state index contributed by atoms with van der Waals surface area (Å²) >= 11 is 0. The van der Waals surface area contributed by atoms with Crippen LogP contribution in [0, 0.1) is 5.41 Å². The molecule has 2 rings (SSSR count). The Labute approximate surface area is 162 Å². The predicted octanol–water partition coefficient (Wildman–Crippen LogP) is 3.73. The number of carbonyl (C=O) groups excluding carboxylic acids is 2. The number of carbonyl (C=O) groups is 2. The molecule has 1 aromatic carbocycles. The summed E-state index contributed by atoms with van der Waals surface area (Å²) < 4.78 is 10.1. The summed E-state index contributed by atoms with van der Waals surface area (Å²) in [5.41, 5.74) is 1.48. The number of ether oxygens (including phenoxy) is 2. The van der Waals surface area contributed by atoms with Crippen molar-refractivity contribution in [3.05, 3.63) is 47.0 Å². The number of benzene rings is 1. The Morgan fingerprint density at radius 3 is 2.33 bits per heavy atom. The van der Waals surface area contributed by atoms with Gasteiger partial charge in [-0.1, -0.05) is 35.9 Å². The standard InChI is InChI=1S/C22H31NO4/c1-15(2)10-9-13-21(3,4)23-18-17-12-8-7-11-16(17)14-22(18,19(24)26-5)20(25)27-6/h7-8,10-12,18,23H,9,13-14H2,1-6H3. The summed E-state index contributed by atoms with van der Waals surface area (Å²) in [6.07, 6.45) is 4.25. The van der Waals surface area contributed by atoms with E-state index in [-0.39, 0.29) is 12.0 Å². The van der Waals surface area contributed by atoms with Crippen LogP contribution >= 0.6 is 0 Å². The van der Waals surface area contributed by atoms with Crippen molar-refractivity contribution in [1.82, 2.24) is 5.32 Å². The van der Waals surface area contributed by atoms with Gasteiger partial charge in [-0.3, -0.25) is 9.59 Å². The Morgan fingerprint density at radius 2 is 1.78 bits per heavy atom. The highest BCUT2D eigenvalue weighted by molar-refractivity contribution is 6.02. The zero-order chi connectivity index (χ0) is 20.2. The fraction of sp³-hybridized carbons (Fsp3) is 0.545. The summed E-state index contributed by atoms with van der Waals surface area (Å²) in [7, 11) is 2.63. The molecule has 0 saturated carbocycles. The summed E-state index contributed by atoms with van der Waals surface area (Å²) in [6.45, 7) is 8.33. The second-order valence-electron chi connectivity index (χ2n) is 8.11. The summed E-state index contributed by atoms with van der Waals surface area (Å²) in [6, 6.07) is 7.26. The summed E-state index contributed by atoms with van der Waals surface area (Å²) in [4.78, 5) is 25.7. The maximum absolute atomic E-state index is 12.8. The van der Waals surface area contributed by atoms with Gasteiger partial charge in [-0.25, -0.2) is 0 Å². The van der Waals surface area contributed by atoms with Crippen molar-refractivity contribution in [2.24, 2.45) is 5.41 Å². The van der Waals surface area contributed by atoms with Gasteiger partial charge in [-0.05, 0) is 51.7 Å². The molecular weight excluding hydrogens is 342 g/mol. The van der Waals surface area contributed by atoms with Crippen LogP contribution in [-0.4, -0.2) is 31.7 Å². The van der Waals surface area contributed by atoms with E-state index < -0.39 is 23.4 Å². The molecule has 0 amide bonds. The Balaban J connectivity index is 2.44. The van der Waals surface area contributed by atoms with Crippen LogP contribution in [0.15, 0.2) is 35.9 Å². The molecule has 5 nitrogen and oxygen atoms in total. The number of hydrogen-bond acceptors (Lipinski definition) is 5. The molecule has 0 spiro atoms. The molecule has 1 aromatic rings. The van der Waals surface area contributed by atoms with Gasteiger partial charge in [0.15, 0.2) is 5.41 Å². The van der Waals surface area contributed by atoms with E-state index in [0.717, 1.165) is 24.0 Å². The molecule has 0 radical (unpaired) electrons. The number of hydrogen-bond donors (Lipinski definition) is 1. The minimum absolute atomic E-state index is 0.268. The summed E-state index contributed by atoms with van der Waals surface area (Å²) in [5.74, 6) is -1.13. The van der Waals surface area contributed by atoms with Gasteiger partial charge in [0.25, 0.3) is 0 Å². The molecule has 1 aliphatic carbocycles. The largest absolute Gasteiger partial charge is 0.468 e. The number of allylic oxidation sites excluding steroid dienone is 2. The minimum Gasteiger partial charge on any atom is -0.468 e. The van der Waals surface area contributed by atoms with Gasteiger partial charge in [-0.15, -0.1) is 0 Å². The Morgan fingerprint density at radius 1 is 1.19 bits per heavy atom. The molecule has 0 fully saturated rings. The Bertz CT molecular complexity index is 716. The van der Waals surface area contributed by atoms with E-state index in [4.69, 9.17) is 9.47 Å². The maximum Gasteiger partial charge on any atom is 0.325 e. The van der Waals surface area contributed by atoms with E-state index in [1.807, 2.05) is 24.3 Å². The third kappa shape index (κ3) is 4.24. The Kier molecular flexibility index (Phi) is 6.47. The molecule has 5 heteroatoms. The quantitative estimate of drug-likeness (QED) is 0.448. The topological polar surface area (TPSA) is 64.6 Å². The van der Waals surface area contributed by atoms with Gasteiger partial charge in [0.1, 0.15) is 0 Å². The second-order valence-corrected chi connectivity index (χ2v) is 8.11. The zero-order valence-electron chi connectivity index (χ0n) is 17.2. The van der Waals surface area contributed by atoms with E-state index in [0.29, 0.717) is 0 Å². The van der Waals surface area contributed by atoms with Gasteiger partial charge < -0.3 is 14.8 Å². The normalized spacial score (nSPS) is 17.8. The van der Waals surface area contributed by atoms with Crippen LogP contribution < -0.4 is 5.32 Å². The van der Waals surface area contributed by atoms with Crippen molar-refractivity contribution in [1.29, 1.82) is 0 Å². The van der Waals surface area contributed by atoms with Crippen LogP contribution in [0.2, 0.25) is 0 Å². The molecule has 0 saturated heterocycles. The van der Waals surface area contributed by atoms with Crippen molar-refractivity contribution >= 4 is 11.9 Å². The molecule has 0 aliphatic heterocycles. The van der Waals surface area contributed by atoms with Crippen molar-refractivity contribution in [3.63, 3.8) is 0 Å². The number of nitrogens with one attached hydrogen (secondary N) is 1. The van der Waals surface area contributed by atoms with Gasteiger partial charge in [0, 0.05) is 12.0 Å². The fourth-order valence-electron chi connectivity index (χ4n) is 3.86. The number of esters is 2. The lowest BCUT2D eigenvalue weighted by Gasteiger charge is -2.37. The molecule has 1 aliphatic rings. The van der Waals surface area contributed by atoms with E-state index >= 15 is 0 Å². The summed E-state index contributed by atoms with van der Waals surface area (Å²) in [5, 5.41) is 3.58. The van der Waals surface area contributed by atoms with E-state index in [1.165, 1.54) is 19.8 Å². The molecule has 1 unspecified atom stereocenters. The first-order valence-corrected chi connectivity index (χ1v) is 9.33. The van der Waals surface area contributed by atoms with Crippen LogP contribution in [0.25, 0.3) is 0 Å². The molecule has 0 heterocycles. The lowest BCUT2D eigenvalue weighted by atomic mass is 9.79. The lowest BCUT2D eigenvalue weighted by molar-refractivity contribution is -0.171. The van der Waals surface area contributed by atoms with Crippen molar-refractivity contribution in [2.75, 3.05) is 14.2 Å². The van der Waals surface area contributed by atoms with Crippen molar-refractivity contribution in [2.45, 2.75) is 58.5 Å². The second kappa shape index (κ2) is 8.26. The average Bonchev–Trinajstić information content (AvgIpc) is 2.94. The van der Waals surface area contributed by atoms with Crippen molar-refractivity contribution in [3.8, 4) is 0 Å². The molecule has 27 heavy (non-hydrogen) atoms. The third-order valence-corrected chi connectivity index (χ3v) is 5.28. The molecule has 148 valence electrons. The highest BCUT2D eigenvalue weighted by Gasteiger charge is 2.60.